The Morgan fingerprint density at radius 2 is 2.21 bits per heavy atom. The summed E-state index contributed by atoms with van der Waals surface area (Å²) in [6.45, 7) is 1.48. The van der Waals surface area contributed by atoms with E-state index in [0.717, 1.165) is 12.2 Å². The fourth-order valence-corrected chi connectivity index (χ4v) is 1.51. The molecule has 0 bridgehead atoms. The highest BCUT2D eigenvalue weighted by Crippen LogP contribution is 2.26. The summed E-state index contributed by atoms with van der Waals surface area (Å²) in [5.74, 6) is 0. The number of likely N-dealkylation sites (N-methyl/N-ethyl adjacent to an activating group) is 1. The van der Waals surface area contributed by atoms with Crippen molar-refractivity contribution in [2.75, 3.05) is 37.9 Å². The van der Waals surface area contributed by atoms with E-state index in [0.29, 0.717) is 17.3 Å². The van der Waals surface area contributed by atoms with Crippen LogP contribution in [0.1, 0.15) is 0 Å². The fraction of sp³-hybridized carbons (Fsp3) is 0.400. The Morgan fingerprint density at radius 1 is 1.50 bits per heavy atom. The van der Waals surface area contributed by atoms with Gasteiger partial charge in [0.25, 0.3) is 0 Å². The van der Waals surface area contributed by atoms with Crippen molar-refractivity contribution in [1.29, 1.82) is 0 Å². The third-order valence-electron chi connectivity index (χ3n) is 2.01. The molecule has 0 aromatic heterocycles. The van der Waals surface area contributed by atoms with Gasteiger partial charge in [0.05, 0.1) is 17.3 Å². The zero-order valence-electron chi connectivity index (χ0n) is 8.46. The van der Waals surface area contributed by atoms with Crippen molar-refractivity contribution in [2.24, 2.45) is 0 Å². The average Bonchev–Trinajstić information content (AvgIpc) is 2.14. The standard InChI is InChI=1S/C10H15ClN2O/c1-13(5-6-14-2)10-4-3-8(12)7-9(10)11/h3-4,7H,5-6,12H2,1-2H3. The van der Waals surface area contributed by atoms with Crippen molar-refractivity contribution < 1.29 is 4.74 Å². The van der Waals surface area contributed by atoms with Gasteiger partial charge in [0.2, 0.25) is 0 Å². The number of nitrogen functional groups attached to an aromatic ring is 1. The third-order valence-corrected chi connectivity index (χ3v) is 2.32. The lowest BCUT2D eigenvalue weighted by Crippen LogP contribution is -2.22. The minimum atomic E-state index is 0.670. The first-order chi connectivity index (χ1) is 6.65. The molecule has 0 saturated heterocycles. The highest BCUT2D eigenvalue weighted by molar-refractivity contribution is 6.33. The average molecular weight is 215 g/mol. The van der Waals surface area contributed by atoms with Gasteiger partial charge in [-0.1, -0.05) is 11.6 Å². The molecule has 0 fully saturated rings. The summed E-state index contributed by atoms with van der Waals surface area (Å²) in [6, 6.07) is 5.50. The number of halogens is 1. The molecule has 0 amide bonds. The maximum Gasteiger partial charge on any atom is 0.0659 e. The van der Waals surface area contributed by atoms with Gasteiger partial charge in [-0.2, -0.15) is 0 Å². The van der Waals surface area contributed by atoms with Crippen molar-refractivity contribution in [2.45, 2.75) is 0 Å². The van der Waals surface area contributed by atoms with Crippen LogP contribution in [0.4, 0.5) is 11.4 Å². The third kappa shape index (κ3) is 2.79. The Balaban J connectivity index is 2.74. The van der Waals surface area contributed by atoms with Crippen LogP contribution in [0.15, 0.2) is 18.2 Å². The second kappa shape index (κ2) is 5.08. The Labute approximate surface area is 89.4 Å². The first-order valence-electron chi connectivity index (χ1n) is 4.40. The van der Waals surface area contributed by atoms with Crippen molar-refractivity contribution in [3.8, 4) is 0 Å². The van der Waals surface area contributed by atoms with E-state index in [1.165, 1.54) is 0 Å². The largest absolute Gasteiger partial charge is 0.399 e. The molecule has 0 aliphatic carbocycles. The topological polar surface area (TPSA) is 38.5 Å². The first kappa shape index (κ1) is 11.1. The minimum Gasteiger partial charge on any atom is -0.399 e. The zero-order chi connectivity index (χ0) is 10.6. The smallest absolute Gasteiger partial charge is 0.0659 e. The lowest BCUT2D eigenvalue weighted by Gasteiger charge is -2.20. The number of hydrogen-bond donors (Lipinski definition) is 1. The lowest BCUT2D eigenvalue weighted by molar-refractivity contribution is 0.206. The normalized spacial score (nSPS) is 10.2. The Kier molecular flexibility index (Phi) is 4.04. The Morgan fingerprint density at radius 3 is 2.79 bits per heavy atom. The van der Waals surface area contributed by atoms with Crippen LogP contribution in [0.3, 0.4) is 0 Å². The molecule has 0 aliphatic heterocycles. The molecule has 1 rings (SSSR count). The van der Waals surface area contributed by atoms with Gasteiger partial charge in [-0.3, -0.25) is 0 Å². The molecule has 0 aliphatic rings. The quantitative estimate of drug-likeness (QED) is 0.780. The highest BCUT2D eigenvalue weighted by Gasteiger charge is 2.05. The molecule has 1 aromatic carbocycles. The van der Waals surface area contributed by atoms with Crippen LogP contribution < -0.4 is 10.6 Å². The summed E-state index contributed by atoms with van der Waals surface area (Å²) < 4.78 is 4.99. The Bertz CT molecular complexity index is 304. The van der Waals surface area contributed by atoms with Crippen LogP contribution in [0.2, 0.25) is 5.02 Å². The lowest BCUT2D eigenvalue weighted by atomic mass is 10.2. The number of benzene rings is 1. The molecule has 0 spiro atoms. The minimum absolute atomic E-state index is 0.670. The summed E-state index contributed by atoms with van der Waals surface area (Å²) in [6.07, 6.45) is 0. The molecule has 0 unspecified atom stereocenters. The number of methoxy groups -OCH3 is 1. The van der Waals surface area contributed by atoms with Crippen LogP contribution in [0.25, 0.3) is 0 Å². The van der Waals surface area contributed by atoms with Gasteiger partial charge in [0.1, 0.15) is 0 Å². The zero-order valence-corrected chi connectivity index (χ0v) is 9.21. The van der Waals surface area contributed by atoms with E-state index in [-0.39, 0.29) is 0 Å². The number of anilines is 2. The molecule has 0 radical (unpaired) electrons. The van der Waals surface area contributed by atoms with Crippen molar-refractivity contribution in [3.63, 3.8) is 0 Å². The molecule has 0 saturated carbocycles. The van der Waals surface area contributed by atoms with E-state index in [2.05, 4.69) is 0 Å². The SMILES string of the molecule is COCCN(C)c1ccc(N)cc1Cl. The summed E-state index contributed by atoms with van der Waals surface area (Å²) in [7, 11) is 3.65. The number of nitrogens with zero attached hydrogens (tertiary/aromatic N) is 1. The molecule has 2 N–H and O–H groups in total. The maximum absolute atomic E-state index is 6.04. The molecular formula is C10H15ClN2O. The first-order valence-corrected chi connectivity index (χ1v) is 4.78. The van der Waals surface area contributed by atoms with E-state index < -0.39 is 0 Å². The number of hydrogen-bond acceptors (Lipinski definition) is 3. The highest BCUT2D eigenvalue weighted by atomic mass is 35.5. The fourth-order valence-electron chi connectivity index (χ4n) is 1.18. The monoisotopic (exact) mass is 214 g/mol. The van der Waals surface area contributed by atoms with Crippen molar-refractivity contribution in [1.82, 2.24) is 0 Å². The summed E-state index contributed by atoms with van der Waals surface area (Å²) in [5.41, 5.74) is 7.25. The second-order valence-corrected chi connectivity index (χ2v) is 3.53. The van der Waals surface area contributed by atoms with Gasteiger partial charge in [-0.25, -0.2) is 0 Å². The molecule has 1 aromatic rings. The van der Waals surface area contributed by atoms with E-state index >= 15 is 0 Å². The molecule has 0 heterocycles. The maximum atomic E-state index is 6.04. The van der Waals surface area contributed by atoms with Crippen molar-refractivity contribution in [3.05, 3.63) is 23.2 Å². The van der Waals surface area contributed by atoms with Crippen LogP contribution in [0.5, 0.6) is 0 Å². The second-order valence-electron chi connectivity index (χ2n) is 3.13. The van der Waals surface area contributed by atoms with Gasteiger partial charge in [0, 0.05) is 26.4 Å². The van der Waals surface area contributed by atoms with Gasteiger partial charge in [-0.05, 0) is 18.2 Å². The molecule has 78 valence electrons. The molecule has 4 heteroatoms. The van der Waals surface area contributed by atoms with Gasteiger partial charge < -0.3 is 15.4 Å². The predicted octanol–water partition coefficient (Wildman–Crippen LogP) is 2.00. The van der Waals surface area contributed by atoms with E-state index in [4.69, 9.17) is 22.1 Å². The Hall–Kier alpha value is -0.930. The van der Waals surface area contributed by atoms with Crippen LogP contribution >= 0.6 is 11.6 Å². The summed E-state index contributed by atoms with van der Waals surface area (Å²) in [4.78, 5) is 2.03. The summed E-state index contributed by atoms with van der Waals surface area (Å²) >= 11 is 6.04. The van der Waals surface area contributed by atoms with Crippen molar-refractivity contribution >= 4 is 23.0 Å². The number of rotatable bonds is 4. The molecular weight excluding hydrogens is 200 g/mol. The van der Waals surface area contributed by atoms with E-state index in [9.17, 15) is 0 Å². The van der Waals surface area contributed by atoms with Gasteiger partial charge in [0.15, 0.2) is 0 Å². The van der Waals surface area contributed by atoms with Gasteiger partial charge in [-0.15, -0.1) is 0 Å². The number of nitrogens with two attached hydrogens (primary N) is 1. The molecule has 0 atom stereocenters. The predicted molar refractivity (Wildman–Crippen MR) is 61.0 cm³/mol. The van der Waals surface area contributed by atoms with Crippen LogP contribution in [-0.4, -0.2) is 27.3 Å². The van der Waals surface area contributed by atoms with Crippen LogP contribution in [0, 0.1) is 0 Å². The summed E-state index contributed by atoms with van der Waals surface area (Å²) in [5, 5.41) is 0.670. The molecule has 3 nitrogen and oxygen atoms in total. The van der Waals surface area contributed by atoms with E-state index in [1.807, 2.05) is 24.1 Å². The van der Waals surface area contributed by atoms with E-state index in [1.54, 1.807) is 13.2 Å². The number of ether oxygens (including phenoxy) is 1. The van der Waals surface area contributed by atoms with Gasteiger partial charge >= 0.3 is 0 Å². The van der Waals surface area contributed by atoms with Crippen LogP contribution in [-0.2, 0) is 4.74 Å². The molecule has 14 heavy (non-hydrogen) atoms.